The van der Waals surface area contributed by atoms with Crippen molar-refractivity contribution in [2.75, 3.05) is 11.9 Å². The highest BCUT2D eigenvalue weighted by Gasteiger charge is 2.34. The van der Waals surface area contributed by atoms with Gasteiger partial charge in [-0.1, -0.05) is 19.2 Å². The minimum absolute atomic E-state index is 0.119. The van der Waals surface area contributed by atoms with Crippen LogP contribution in [0.4, 0.5) is 23.4 Å². The lowest BCUT2D eigenvalue weighted by molar-refractivity contribution is -0.140. The number of nitrogens with zero attached hydrogens (tertiary/aromatic N) is 3. The Morgan fingerprint density at radius 2 is 1.86 bits per heavy atom. The smallest absolute Gasteiger partial charge is 0.354 e. The van der Waals surface area contributed by atoms with Crippen LogP contribution < -0.4 is 15.6 Å². The van der Waals surface area contributed by atoms with E-state index in [9.17, 15) is 17.6 Å². The maximum absolute atomic E-state index is 13.3. The van der Waals surface area contributed by atoms with Crippen molar-refractivity contribution in [2.24, 2.45) is 0 Å². The molecular formula is C15H13F4N3. The molecule has 3 nitrogen and oxygen atoms in total. The summed E-state index contributed by atoms with van der Waals surface area (Å²) in [5, 5.41) is 0.817. The van der Waals surface area contributed by atoms with E-state index in [2.05, 4.69) is 23.1 Å². The fourth-order valence-electron chi connectivity index (χ4n) is 1.87. The van der Waals surface area contributed by atoms with Crippen molar-refractivity contribution in [2.45, 2.75) is 12.7 Å². The van der Waals surface area contributed by atoms with Crippen molar-refractivity contribution < 1.29 is 17.6 Å². The van der Waals surface area contributed by atoms with E-state index in [4.69, 9.17) is 0 Å². The molecule has 1 aromatic carbocycles. The van der Waals surface area contributed by atoms with Gasteiger partial charge in [0.15, 0.2) is 0 Å². The van der Waals surface area contributed by atoms with Crippen molar-refractivity contribution in [1.29, 1.82) is 0 Å². The first-order chi connectivity index (χ1) is 10.2. The number of alkyl halides is 3. The zero-order valence-corrected chi connectivity index (χ0v) is 11.8. The van der Waals surface area contributed by atoms with Crippen molar-refractivity contribution in [3.63, 3.8) is 0 Å². The Hall–Kier alpha value is -2.44. The zero-order chi connectivity index (χ0) is 16.5. The Bertz CT molecular complexity index is 786. The lowest BCUT2D eigenvalue weighted by Gasteiger charge is -2.18. The summed E-state index contributed by atoms with van der Waals surface area (Å²) in [6.07, 6.45) is -3.28. The molecule has 0 aliphatic rings. The summed E-state index contributed by atoms with van der Waals surface area (Å²) >= 11 is 0. The number of hydrogen-bond donors (Lipinski definition) is 0. The minimum atomic E-state index is -4.73. The molecule has 2 aromatic rings. The van der Waals surface area contributed by atoms with Crippen LogP contribution in [0.3, 0.4) is 0 Å². The summed E-state index contributed by atoms with van der Waals surface area (Å²) in [5.41, 5.74) is -0.974. The molecule has 1 aromatic heterocycles. The topological polar surface area (TPSA) is 29.0 Å². The third-order valence-corrected chi connectivity index (χ3v) is 3.07. The lowest BCUT2D eigenvalue weighted by atomic mass is 10.1. The average Bonchev–Trinajstić information content (AvgIpc) is 2.42. The molecule has 7 heteroatoms. The largest absolute Gasteiger partial charge is 0.419 e. The van der Waals surface area contributed by atoms with Crippen molar-refractivity contribution in [3.05, 3.63) is 52.0 Å². The first-order valence-corrected chi connectivity index (χ1v) is 6.26. The quantitative estimate of drug-likeness (QED) is 0.813. The molecule has 0 aliphatic carbocycles. The van der Waals surface area contributed by atoms with Gasteiger partial charge in [0.05, 0.1) is 22.5 Å². The van der Waals surface area contributed by atoms with Crippen LogP contribution in [0.2, 0.25) is 0 Å². The lowest BCUT2D eigenvalue weighted by Crippen LogP contribution is -2.31. The van der Waals surface area contributed by atoms with E-state index < -0.39 is 17.6 Å². The minimum Gasteiger partial charge on any atom is -0.354 e. The maximum atomic E-state index is 13.3. The molecule has 0 spiro atoms. The second-order valence-corrected chi connectivity index (χ2v) is 4.79. The molecule has 0 atom stereocenters. The van der Waals surface area contributed by atoms with Gasteiger partial charge in [0.2, 0.25) is 0 Å². The van der Waals surface area contributed by atoms with Crippen molar-refractivity contribution in [3.8, 4) is 0 Å². The predicted octanol–water partition coefficient (Wildman–Crippen LogP) is 2.09. The number of halogens is 4. The molecular weight excluding hydrogens is 298 g/mol. The third-order valence-electron chi connectivity index (χ3n) is 3.07. The van der Waals surface area contributed by atoms with Gasteiger partial charge in [-0.15, -0.1) is 0 Å². The normalized spacial score (nSPS) is 11.5. The molecule has 0 bridgehead atoms. The van der Waals surface area contributed by atoms with Crippen LogP contribution in [0.5, 0.6) is 0 Å². The van der Waals surface area contributed by atoms with Gasteiger partial charge >= 0.3 is 6.18 Å². The van der Waals surface area contributed by atoms with Crippen LogP contribution in [0.25, 0.3) is 13.2 Å². The molecule has 0 unspecified atom stereocenters. The monoisotopic (exact) mass is 311 g/mol. The first-order valence-electron chi connectivity index (χ1n) is 6.26. The SMILES string of the molecule is C=c1ncc(N(C)Cc2ccc(F)c(C(F)(F)F)c2)nc1=C. The van der Waals surface area contributed by atoms with Gasteiger partial charge < -0.3 is 4.90 Å². The zero-order valence-electron chi connectivity index (χ0n) is 11.8. The third kappa shape index (κ3) is 3.41. The summed E-state index contributed by atoms with van der Waals surface area (Å²) in [7, 11) is 1.64. The Labute approximate surface area is 124 Å². The molecule has 0 aliphatic heterocycles. The highest BCUT2D eigenvalue weighted by molar-refractivity contribution is 5.37. The molecule has 0 saturated carbocycles. The highest BCUT2D eigenvalue weighted by atomic mass is 19.4. The molecule has 1 heterocycles. The van der Waals surface area contributed by atoms with Crippen LogP contribution in [0.1, 0.15) is 11.1 Å². The fraction of sp³-hybridized carbons (Fsp3) is 0.200. The van der Waals surface area contributed by atoms with E-state index in [0.29, 0.717) is 22.1 Å². The van der Waals surface area contributed by atoms with Gasteiger partial charge in [-0.3, -0.25) is 4.98 Å². The molecule has 0 radical (unpaired) electrons. The average molecular weight is 311 g/mol. The summed E-state index contributed by atoms with van der Waals surface area (Å²) in [5.74, 6) is -0.851. The molecule has 0 amide bonds. The molecule has 2 rings (SSSR count). The van der Waals surface area contributed by atoms with E-state index in [1.807, 2.05) is 0 Å². The van der Waals surface area contributed by atoms with Gasteiger partial charge in [0, 0.05) is 13.6 Å². The molecule has 116 valence electrons. The molecule has 0 N–H and O–H groups in total. The second-order valence-electron chi connectivity index (χ2n) is 4.79. The Balaban J connectivity index is 2.28. The van der Waals surface area contributed by atoms with E-state index in [0.717, 1.165) is 12.1 Å². The van der Waals surface area contributed by atoms with Gasteiger partial charge in [0.1, 0.15) is 11.6 Å². The van der Waals surface area contributed by atoms with Crippen LogP contribution in [-0.2, 0) is 12.7 Å². The van der Waals surface area contributed by atoms with Crippen molar-refractivity contribution in [1.82, 2.24) is 9.97 Å². The number of hydrogen-bond acceptors (Lipinski definition) is 3. The summed E-state index contributed by atoms with van der Waals surface area (Å²) in [4.78, 5) is 9.74. The Morgan fingerprint density at radius 3 is 2.45 bits per heavy atom. The van der Waals surface area contributed by atoms with Crippen LogP contribution in [0.15, 0.2) is 24.4 Å². The maximum Gasteiger partial charge on any atom is 0.419 e. The highest BCUT2D eigenvalue weighted by Crippen LogP contribution is 2.32. The van der Waals surface area contributed by atoms with Crippen LogP contribution in [-0.4, -0.2) is 17.0 Å². The standard InChI is InChI=1S/C15H13F4N3/c1-9-10(2)21-14(7-20-9)22(3)8-11-4-5-13(16)12(6-11)15(17,18)19/h4-7H,1-2,8H2,3H3. The number of aromatic nitrogens is 2. The summed E-state index contributed by atoms with van der Waals surface area (Å²) in [6, 6.07) is 2.90. The summed E-state index contributed by atoms with van der Waals surface area (Å²) < 4.78 is 51.3. The van der Waals surface area contributed by atoms with Gasteiger partial charge in [-0.25, -0.2) is 9.37 Å². The van der Waals surface area contributed by atoms with Crippen LogP contribution in [0, 0.1) is 5.82 Å². The fourth-order valence-corrected chi connectivity index (χ4v) is 1.87. The second kappa shape index (κ2) is 5.75. The molecule has 0 saturated heterocycles. The van der Waals surface area contributed by atoms with Gasteiger partial charge in [-0.05, 0) is 17.7 Å². The Kier molecular flexibility index (Phi) is 4.16. The predicted molar refractivity (Wildman–Crippen MR) is 75.8 cm³/mol. The molecule has 22 heavy (non-hydrogen) atoms. The van der Waals surface area contributed by atoms with E-state index >= 15 is 0 Å². The van der Waals surface area contributed by atoms with E-state index in [1.54, 1.807) is 11.9 Å². The van der Waals surface area contributed by atoms with Gasteiger partial charge in [-0.2, -0.15) is 13.2 Å². The van der Waals surface area contributed by atoms with E-state index in [-0.39, 0.29) is 6.54 Å². The van der Waals surface area contributed by atoms with E-state index in [1.165, 1.54) is 12.3 Å². The Morgan fingerprint density at radius 1 is 1.18 bits per heavy atom. The number of benzene rings is 1. The van der Waals surface area contributed by atoms with Crippen molar-refractivity contribution >= 4 is 19.0 Å². The first kappa shape index (κ1) is 15.9. The molecule has 0 fully saturated rings. The van der Waals surface area contributed by atoms with Crippen LogP contribution >= 0.6 is 0 Å². The summed E-state index contributed by atoms with van der Waals surface area (Å²) in [6.45, 7) is 7.42. The number of anilines is 1. The number of rotatable bonds is 3. The van der Waals surface area contributed by atoms with Gasteiger partial charge in [0.25, 0.3) is 0 Å².